The number of urea groups is 1. The molecule has 0 unspecified atom stereocenters. The molecule has 1 aromatic carbocycles. The molecule has 15 heavy (non-hydrogen) atoms. The van der Waals surface area contributed by atoms with Crippen molar-refractivity contribution in [2.24, 2.45) is 0 Å². The molecule has 1 atom stereocenters. The van der Waals surface area contributed by atoms with Crippen molar-refractivity contribution in [1.29, 1.82) is 0 Å². The SMILES string of the molecule is COc1ccc(O)c([C@@H]2CNC(=O)N2)c1. The summed E-state index contributed by atoms with van der Waals surface area (Å²) in [7, 11) is 1.56. The number of phenols is 1. The Balaban J connectivity index is 2.30. The molecule has 1 heterocycles. The highest BCUT2D eigenvalue weighted by Gasteiger charge is 2.24. The van der Waals surface area contributed by atoms with Gasteiger partial charge in [0.15, 0.2) is 0 Å². The van der Waals surface area contributed by atoms with Gasteiger partial charge in [-0.05, 0) is 18.2 Å². The van der Waals surface area contributed by atoms with Crippen LogP contribution in [-0.2, 0) is 0 Å². The average molecular weight is 208 g/mol. The molecule has 1 aliphatic rings. The van der Waals surface area contributed by atoms with E-state index in [9.17, 15) is 9.90 Å². The van der Waals surface area contributed by atoms with Gasteiger partial charge in [-0.15, -0.1) is 0 Å². The monoisotopic (exact) mass is 208 g/mol. The Morgan fingerprint density at radius 1 is 1.53 bits per heavy atom. The molecule has 2 amide bonds. The van der Waals surface area contributed by atoms with E-state index >= 15 is 0 Å². The predicted molar refractivity (Wildman–Crippen MR) is 53.9 cm³/mol. The fourth-order valence-electron chi connectivity index (χ4n) is 1.58. The molecule has 5 nitrogen and oxygen atoms in total. The van der Waals surface area contributed by atoms with Crippen molar-refractivity contribution in [3.63, 3.8) is 0 Å². The summed E-state index contributed by atoms with van der Waals surface area (Å²) in [5.41, 5.74) is 0.660. The van der Waals surface area contributed by atoms with Crippen molar-refractivity contribution < 1.29 is 14.6 Å². The van der Waals surface area contributed by atoms with Gasteiger partial charge >= 0.3 is 6.03 Å². The van der Waals surface area contributed by atoms with Crippen LogP contribution in [0.15, 0.2) is 18.2 Å². The molecular formula is C10H12N2O3. The molecule has 0 aromatic heterocycles. The number of rotatable bonds is 2. The third-order valence-corrected chi connectivity index (χ3v) is 2.38. The number of phenolic OH excluding ortho intramolecular Hbond substituents is 1. The normalized spacial score (nSPS) is 19.5. The van der Waals surface area contributed by atoms with Crippen molar-refractivity contribution in [3.05, 3.63) is 23.8 Å². The summed E-state index contributed by atoms with van der Waals surface area (Å²) in [6, 6.07) is 4.52. The maximum atomic E-state index is 11.0. The van der Waals surface area contributed by atoms with Crippen molar-refractivity contribution >= 4 is 6.03 Å². The van der Waals surface area contributed by atoms with E-state index in [2.05, 4.69) is 10.6 Å². The minimum Gasteiger partial charge on any atom is -0.508 e. The summed E-state index contributed by atoms with van der Waals surface area (Å²) in [6.45, 7) is 0.472. The Bertz CT molecular complexity index is 392. The second-order valence-electron chi connectivity index (χ2n) is 3.33. The van der Waals surface area contributed by atoms with Gasteiger partial charge in [0.2, 0.25) is 0 Å². The smallest absolute Gasteiger partial charge is 0.315 e. The van der Waals surface area contributed by atoms with Crippen LogP contribution in [0.2, 0.25) is 0 Å². The first kappa shape index (κ1) is 9.64. The minimum absolute atomic E-state index is 0.157. The number of nitrogens with one attached hydrogen (secondary N) is 2. The molecule has 1 fully saturated rings. The maximum absolute atomic E-state index is 11.0. The molecule has 0 aliphatic carbocycles. The maximum Gasteiger partial charge on any atom is 0.315 e. The summed E-state index contributed by atoms with van der Waals surface area (Å²) in [6.07, 6.45) is 0. The number of ether oxygens (including phenoxy) is 1. The average Bonchev–Trinajstić information content (AvgIpc) is 2.65. The number of methoxy groups -OCH3 is 1. The highest BCUT2D eigenvalue weighted by molar-refractivity contribution is 5.77. The number of carbonyl (C=O) groups excluding carboxylic acids is 1. The summed E-state index contributed by atoms with van der Waals surface area (Å²) < 4.78 is 5.05. The fourth-order valence-corrected chi connectivity index (χ4v) is 1.58. The van der Waals surface area contributed by atoms with E-state index in [0.29, 0.717) is 17.9 Å². The van der Waals surface area contributed by atoms with Gasteiger partial charge in [0.1, 0.15) is 11.5 Å². The summed E-state index contributed by atoms with van der Waals surface area (Å²) in [4.78, 5) is 11.0. The summed E-state index contributed by atoms with van der Waals surface area (Å²) >= 11 is 0. The summed E-state index contributed by atoms with van der Waals surface area (Å²) in [5, 5.41) is 15.0. The number of hydrogen-bond acceptors (Lipinski definition) is 3. The van der Waals surface area contributed by atoms with Crippen molar-refractivity contribution in [1.82, 2.24) is 10.6 Å². The van der Waals surface area contributed by atoms with Crippen molar-refractivity contribution in [2.45, 2.75) is 6.04 Å². The van der Waals surface area contributed by atoms with Gasteiger partial charge in [0.05, 0.1) is 13.2 Å². The van der Waals surface area contributed by atoms with E-state index in [1.165, 1.54) is 0 Å². The number of aromatic hydroxyl groups is 1. The molecule has 1 saturated heterocycles. The number of benzene rings is 1. The molecule has 1 aromatic rings. The molecule has 80 valence electrons. The molecule has 1 aliphatic heterocycles. The van der Waals surface area contributed by atoms with Gasteiger partial charge in [-0.2, -0.15) is 0 Å². The topological polar surface area (TPSA) is 70.6 Å². The van der Waals surface area contributed by atoms with Crippen LogP contribution in [0.3, 0.4) is 0 Å². The van der Waals surface area contributed by atoms with Gasteiger partial charge in [-0.3, -0.25) is 0 Å². The van der Waals surface area contributed by atoms with E-state index in [1.54, 1.807) is 25.3 Å². The lowest BCUT2D eigenvalue weighted by molar-refractivity contribution is 0.247. The van der Waals surface area contributed by atoms with Crippen LogP contribution in [0.5, 0.6) is 11.5 Å². The third kappa shape index (κ3) is 1.81. The lowest BCUT2D eigenvalue weighted by Gasteiger charge is -2.12. The Hall–Kier alpha value is -1.91. The minimum atomic E-state index is -0.220. The van der Waals surface area contributed by atoms with Crippen LogP contribution in [0.25, 0.3) is 0 Å². The van der Waals surface area contributed by atoms with Gasteiger partial charge in [0, 0.05) is 12.1 Å². The number of amides is 2. The van der Waals surface area contributed by atoms with Crippen LogP contribution in [-0.4, -0.2) is 24.8 Å². The van der Waals surface area contributed by atoms with E-state index in [1.807, 2.05) is 0 Å². The molecule has 5 heteroatoms. The largest absolute Gasteiger partial charge is 0.508 e. The Morgan fingerprint density at radius 2 is 2.33 bits per heavy atom. The van der Waals surface area contributed by atoms with Gasteiger partial charge in [-0.25, -0.2) is 4.79 Å². The van der Waals surface area contributed by atoms with Crippen LogP contribution in [0, 0.1) is 0 Å². The first-order valence-corrected chi connectivity index (χ1v) is 4.62. The lowest BCUT2D eigenvalue weighted by atomic mass is 10.1. The molecule has 0 bridgehead atoms. The second kappa shape index (κ2) is 3.68. The highest BCUT2D eigenvalue weighted by atomic mass is 16.5. The highest BCUT2D eigenvalue weighted by Crippen LogP contribution is 2.29. The zero-order valence-electron chi connectivity index (χ0n) is 8.28. The van der Waals surface area contributed by atoms with Crippen LogP contribution in [0.4, 0.5) is 4.79 Å². The van der Waals surface area contributed by atoms with Gasteiger partial charge in [0.25, 0.3) is 0 Å². The van der Waals surface area contributed by atoms with Crippen LogP contribution >= 0.6 is 0 Å². The van der Waals surface area contributed by atoms with Crippen LogP contribution < -0.4 is 15.4 Å². The van der Waals surface area contributed by atoms with E-state index in [0.717, 1.165) is 0 Å². The standard InChI is InChI=1S/C10H12N2O3/c1-15-6-2-3-9(13)7(4-6)8-5-11-10(14)12-8/h2-4,8,13H,5H2,1H3,(H2,11,12,14)/t8-/m0/s1. The van der Waals surface area contributed by atoms with Crippen molar-refractivity contribution in [3.8, 4) is 11.5 Å². The van der Waals surface area contributed by atoms with E-state index < -0.39 is 0 Å². The predicted octanol–water partition coefficient (Wildman–Crippen LogP) is 0.755. The summed E-state index contributed by atoms with van der Waals surface area (Å²) in [5.74, 6) is 0.814. The Kier molecular flexibility index (Phi) is 2.37. The van der Waals surface area contributed by atoms with E-state index in [4.69, 9.17) is 4.74 Å². The van der Waals surface area contributed by atoms with E-state index in [-0.39, 0.29) is 17.8 Å². The first-order valence-electron chi connectivity index (χ1n) is 4.62. The van der Waals surface area contributed by atoms with Gasteiger partial charge < -0.3 is 20.5 Å². The zero-order chi connectivity index (χ0) is 10.8. The lowest BCUT2D eigenvalue weighted by Crippen LogP contribution is -2.21. The molecule has 0 saturated carbocycles. The molecular weight excluding hydrogens is 196 g/mol. The molecule has 0 spiro atoms. The quantitative estimate of drug-likeness (QED) is 0.671. The fraction of sp³-hybridized carbons (Fsp3) is 0.300. The zero-order valence-corrected chi connectivity index (χ0v) is 8.28. The Labute approximate surface area is 87.1 Å². The molecule has 2 rings (SSSR count). The first-order chi connectivity index (χ1) is 7.20. The third-order valence-electron chi connectivity index (χ3n) is 2.38. The van der Waals surface area contributed by atoms with Crippen LogP contribution in [0.1, 0.15) is 11.6 Å². The number of carbonyl (C=O) groups is 1. The number of hydrogen-bond donors (Lipinski definition) is 3. The molecule has 0 radical (unpaired) electrons. The second-order valence-corrected chi connectivity index (χ2v) is 3.33. The van der Waals surface area contributed by atoms with Gasteiger partial charge in [-0.1, -0.05) is 0 Å². The molecule has 3 N–H and O–H groups in total. The Morgan fingerprint density at radius 3 is 2.93 bits per heavy atom. The van der Waals surface area contributed by atoms with Crippen molar-refractivity contribution in [2.75, 3.05) is 13.7 Å².